The molecule has 9 atom stereocenters. The standard InChI is InChI=1S/C20H23ClO7.C14H12BrClO.C14H30O4Si2/c1-27-14-5-2-11(3-6-14)8-12-9-13(4-7-15(12)21)20(26)19(25)18(24)17(23)16(10-22)28-20;1-17-13-5-2-10(3-6-13)8-11-9-12(15)4-7-14(11)16;1-9-11-10(2)12(17-19(3,4)5)13(14(15)16-11)18-20(6,7)8/h2-7,9,16-19,22-26H,8,10H2,1H3;2-7,9H,8H2,1H3;10-13H,9H2,1-8H3/t16-,17-,18+,19-,20+;;10-,11-,12+,13-/m1.1/s1. The van der Waals surface area contributed by atoms with Crippen molar-refractivity contribution in [3.63, 3.8) is 0 Å². The number of cyclic esters (lactones) is 1. The lowest BCUT2D eigenvalue weighted by atomic mass is 9.87. The van der Waals surface area contributed by atoms with Gasteiger partial charge in [0, 0.05) is 26.0 Å². The van der Waals surface area contributed by atoms with Gasteiger partial charge in [-0.05, 0) is 135 Å². The Balaban J connectivity index is 0.000000222. The maximum Gasteiger partial charge on any atom is 0.337 e. The van der Waals surface area contributed by atoms with Gasteiger partial charge >= 0.3 is 5.97 Å². The first-order valence-electron chi connectivity index (χ1n) is 21.5. The number of carbonyl (C=O) groups excluding carboxylic acids is 1. The molecule has 12 nitrogen and oxygen atoms in total. The first-order chi connectivity index (χ1) is 30.4. The van der Waals surface area contributed by atoms with Gasteiger partial charge in [-0.1, -0.05) is 83.3 Å². The highest BCUT2D eigenvalue weighted by Crippen LogP contribution is 2.38. The second kappa shape index (κ2) is 23.9. The molecule has 0 amide bonds. The molecule has 0 saturated carbocycles. The van der Waals surface area contributed by atoms with Crippen molar-refractivity contribution in [1.82, 2.24) is 0 Å². The molecule has 358 valence electrons. The largest absolute Gasteiger partial charge is 0.497 e. The summed E-state index contributed by atoms with van der Waals surface area (Å²) in [5.41, 5.74) is 4.09. The molecule has 2 heterocycles. The Bertz CT molecular complexity index is 2130. The maximum absolute atomic E-state index is 12.3. The highest BCUT2D eigenvalue weighted by molar-refractivity contribution is 9.10. The number of benzene rings is 4. The van der Waals surface area contributed by atoms with E-state index < -0.39 is 59.5 Å². The average molecular weight is 1040 g/mol. The summed E-state index contributed by atoms with van der Waals surface area (Å²) in [7, 11) is -0.332. The van der Waals surface area contributed by atoms with Gasteiger partial charge in [-0.3, -0.25) is 0 Å². The van der Waals surface area contributed by atoms with Gasteiger partial charge < -0.3 is 53.3 Å². The third-order valence-corrected chi connectivity index (χ3v) is 14.0. The monoisotopic (exact) mass is 1040 g/mol. The molecule has 2 aliphatic rings. The number of hydrogen-bond acceptors (Lipinski definition) is 12. The summed E-state index contributed by atoms with van der Waals surface area (Å²) in [5, 5.41) is 51.8. The molecule has 0 radical (unpaired) electrons. The molecule has 0 unspecified atom stereocenters. The molecule has 0 aliphatic carbocycles. The third kappa shape index (κ3) is 15.3. The predicted molar refractivity (Wildman–Crippen MR) is 262 cm³/mol. The van der Waals surface area contributed by atoms with Crippen molar-refractivity contribution in [3.05, 3.63) is 127 Å². The average Bonchev–Trinajstić information content (AvgIpc) is 3.26. The van der Waals surface area contributed by atoms with E-state index in [9.17, 15) is 30.3 Å². The van der Waals surface area contributed by atoms with Crippen LogP contribution in [0, 0.1) is 5.92 Å². The number of aliphatic hydroxyl groups excluding tert-OH is 4. The zero-order chi connectivity index (χ0) is 48.4. The zero-order valence-electron chi connectivity index (χ0n) is 38.8. The van der Waals surface area contributed by atoms with Gasteiger partial charge in [0.1, 0.15) is 42.0 Å². The second-order valence-corrected chi connectivity index (χ2v) is 28.8. The fraction of sp³-hybridized carbons (Fsp3) is 0.479. The molecule has 2 saturated heterocycles. The van der Waals surface area contributed by atoms with E-state index in [-0.39, 0.29) is 29.7 Å². The van der Waals surface area contributed by atoms with Crippen LogP contribution in [0.5, 0.6) is 11.5 Å². The summed E-state index contributed by atoms with van der Waals surface area (Å²) in [6.45, 7) is 16.2. The molecule has 4 aromatic carbocycles. The van der Waals surface area contributed by atoms with Crippen LogP contribution >= 0.6 is 39.1 Å². The van der Waals surface area contributed by atoms with E-state index in [0.717, 1.165) is 45.0 Å². The fourth-order valence-electron chi connectivity index (χ4n) is 7.40. The van der Waals surface area contributed by atoms with Crippen LogP contribution in [0.3, 0.4) is 0 Å². The Hall–Kier alpha value is -2.88. The predicted octanol–water partition coefficient (Wildman–Crippen LogP) is 8.66. The molecule has 6 rings (SSSR count). The molecular weight excluding hydrogens is 975 g/mol. The number of ether oxygens (including phenoxy) is 4. The Morgan fingerprint density at radius 3 is 1.68 bits per heavy atom. The second-order valence-electron chi connectivity index (χ2n) is 18.1. The van der Waals surface area contributed by atoms with Crippen molar-refractivity contribution in [3.8, 4) is 11.5 Å². The highest BCUT2D eigenvalue weighted by Gasteiger charge is 2.54. The van der Waals surface area contributed by atoms with Gasteiger partial charge in [-0.25, -0.2) is 4.79 Å². The lowest BCUT2D eigenvalue weighted by Crippen LogP contribution is -2.63. The van der Waals surface area contributed by atoms with Crippen LogP contribution in [0.4, 0.5) is 0 Å². The molecule has 4 aromatic rings. The van der Waals surface area contributed by atoms with Gasteiger partial charge in [0.15, 0.2) is 22.7 Å². The van der Waals surface area contributed by atoms with Gasteiger partial charge in [0.05, 0.1) is 26.9 Å². The first kappa shape index (κ1) is 54.7. The van der Waals surface area contributed by atoms with E-state index in [0.29, 0.717) is 17.0 Å². The topological polar surface area (TPSA) is 174 Å². The van der Waals surface area contributed by atoms with Gasteiger partial charge in [0.2, 0.25) is 5.79 Å². The highest BCUT2D eigenvalue weighted by atomic mass is 79.9. The van der Waals surface area contributed by atoms with E-state index in [1.54, 1.807) is 26.4 Å². The van der Waals surface area contributed by atoms with Crippen molar-refractivity contribution in [2.24, 2.45) is 5.92 Å². The van der Waals surface area contributed by atoms with E-state index in [1.165, 1.54) is 11.6 Å². The summed E-state index contributed by atoms with van der Waals surface area (Å²) >= 11 is 15.9. The summed E-state index contributed by atoms with van der Waals surface area (Å²) in [6, 6.07) is 25.9. The van der Waals surface area contributed by atoms with Crippen molar-refractivity contribution in [2.75, 3.05) is 20.8 Å². The molecule has 17 heteroatoms. The number of hydrogen-bond donors (Lipinski definition) is 5. The smallest absolute Gasteiger partial charge is 0.337 e. The Morgan fingerprint density at radius 2 is 1.22 bits per heavy atom. The first-order valence-corrected chi connectivity index (χ1v) is 29.9. The SMILES string of the molecule is CC[C@H]1OC(=O)[C@H](O[Si](C)(C)C)[C@@H](O[Si](C)(C)C)[C@@H]1C.COc1ccc(Cc2cc(Br)ccc2Cl)cc1.COc1ccc(Cc2cc([C@]3(O)O[C@H](CO)[C@@H](O)[C@H](O)[C@H]3O)ccc2Cl)cc1. The number of carbonyl (C=O) groups is 1. The van der Waals surface area contributed by atoms with E-state index >= 15 is 0 Å². The summed E-state index contributed by atoms with van der Waals surface area (Å²) in [4.78, 5) is 12.3. The van der Waals surface area contributed by atoms with Gasteiger partial charge in [-0.15, -0.1) is 0 Å². The number of aliphatic hydroxyl groups is 5. The molecule has 0 bridgehead atoms. The van der Waals surface area contributed by atoms with E-state index in [2.05, 4.69) is 74.3 Å². The van der Waals surface area contributed by atoms with E-state index in [4.69, 9.17) is 51.0 Å². The molecule has 2 fully saturated rings. The molecule has 65 heavy (non-hydrogen) atoms. The van der Waals surface area contributed by atoms with Gasteiger partial charge in [0.25, 0.3) is 0 Å². The Kier molecular flexibility index (Phi) is 20.1. The Morgan fingerprint density at radius 1 is 0.723 bits per heavy atom. The summed E-state index contributed by atoms with van der Waals surface area (Å²) in [5.74, 6) is -0.801. The number of halogens is 3. The number of esters is 1. The van der Waals surface area contributed by atoms with Crippen LogP contribution in [0.15, 0.2) is 89.4 Å². The molecule has 2 aliphatic heterocycles. The van der Waals surface area contributed by atoms with Crippen molar-refractivity contribution in [2.45, 2.75) is 121 Å². The summed E-state index contributed by atoms with van der Waals surface area (Å²) in [6.07, 6.45) is -5.04. The molecule has 0 aromatic heterocycles. The molecule has 5 N–H and O–H groups in total. The van der Waals surface area contributed by atoms with Crippen LogP contribution in [0.25, 0.3) is 0 Å². The van der Waals surface area contributed by atoms with Crippen molar-refractivity contribution < 1.29 is 58.1 Å². The van der Waals surface area contributed by atoms with Crippen LogP contribution in [-0.4, -0.2) is 112 Å². The zero-order valence-corrected chi connectivity index (χ0v) is 43.9. The van der Waals surface area contributed by atoms with Crippen LogP contribution in [-0.2, 0) is 41.7 Å². The Labute approximate surface area is 404 Å². The maximum atomic E-state index is 12.3. The minimum absolute atomic E-state index is 0.0645. The minimum atomic E-state index is -2.31. The van der Waals surface area contributed by atoms with Crippen molar-refractivity contribution in [1.29, 1.82) is 0 Å². The van der Waals surface area contributed by atoms with Crippen LogP contribution in [0.2, 0.25) is 49.3 Å². The molecular formula is C48H65BrCl2O12Si2. The molecule has 0 spiro atoms. The normalized spacial score (nSPS) is 25.6. The lowest BCUT2D eigenvalue weighted by Gasteiger charge is -2.45. The number of rotatable bonds is 13. The summed E-state index contributed by atoms with van der Waals surface area (Å²) < 4.78 is 34.6. The van der Waals surface area contributed by atoms with Gasteiger partial charge in [-0.2, -0.15) is 0 Å². The quantitative estimate of drug-likeness (QED) is 0.0638. The third-order valence-electron chi connectivity index (χ3n) is 10.8. The number of methoxy groups -OCH3 is 2. The van der Waals surface area contributed by atoms with Crippen molar-refractivity contribution >= 4 is 61.7 Å². The van der Waals surface area contributed by atoms with Crippen LogP contribution < -0.4 is 9.47 Å². The minimum Gasteiger partial charge on any atom is -0.497 e. The van der Waals surface area contributed by atoms with Crippen LogP contribution in [0.1, 0.15) is 48.1 Å². The lowest BCUT2D eigenvalue weighted by molar-refractivity contribution is -0.357. The van der Waals surface area contributed by atoms with E-state index in [1.807, 2.05) is 61.5 Å². The fourth-order valence-corrected chi connectivity index (χ4v) is 10.3.